The Hall–Kier alpha value is -3.70. The molecule has 1 aliphatic rings. The molecule has 0 unspecified atom stereocenters. The fourth-order valence-corrected chi connectivity index (χ4v) is 3.72. The van der Waals surface area contributed by atoms with Gasteiger partial charge in [-0.05, 0) is 25.0 Å². The monoisotopic (exact) mass is 476 g/mol. The molecule has 2 aromatic heterocycles. The van der Waals surface area contributed by atoms with Crippen LogP contribution in [-0.2, 0) is 11.0 Å². The SMILES string of the molecule is O=C(CCCCOc1cccc2c(=O)[nH]ncc12)N1CCN(c2ncc(C(F)(F)F)cn2)CC1. The molecular weight excluding hydrogens is 453 g/mol. The molecule has 1 N–H and O–H groups in total. The third-order valence-corrected chi connectivity index (χ3v) is 5.59. The number of unbranched alkanes of at least 4 members (excludes halogenated alkanes) is 1. The zero-order chi connectivity index (χ0) is 24.1. The third kappa shape index (κ3) is 5.43. The number of benzene rings is 1. The summed E-state index contributed by atoms with van der Waals surface area (Å²) >= 11 is 0. The minimum absolute atomic E-state index is 0.0221. The molecule has 1 fully saturated rings. The highest BCUT2D eigenvalue weighted by Gasteiger charge is 2.32. The van der Waals surface area contributed by atoms with Gasteiger partial charge in [0, 0.05) is 50.4 Å². The predicted octanol–water partition coefficient (Wildman–Crippen LogP) is 2.63. The number of anilines is 1. The van der Waals surface area contributed by atoms with E-state index in [0.717, 1.165) is 12.4 Å². The van der Waals surface area contributed by atoms with Crippen molar-refractivity contribution in [3.05, 3.63) is 52.7 Å². The molecule has 1 amide bonds. The van der Waals surface area contributed by atoms with E-state index in [9.17, 15) is 22.8 Å². The van der Waals surface area contributed by atoms with Crippen LogP contribution >= 0.6 is 0 Å². The molecule has 1 aliphatic heterocycles. The van der Waals surface area contributed by atoms with Gasteiger partial charge in [0.1, 0.15) is 5.75 Å². The second kappa shape index (κ2) is 10.1. The second-order valence-corrected chi connectivity index (χ2v) is 7.86. The van der Waals surface area contributed by atoms with Gasteiger partial charge < -0.3 is 14.5 Å². The van der Waals surface area contributed by atoms with Crippen LogP contribution in [-0.4, -0.2) is 63.8 Å². The van der Waals surface area contributed by atoms with E-state index in [1.807, 2.05) is 0 Å². The van der Waals surface area contributed by atoms with Crippen LogP contribution in [0.2, 0.25) is 0 Å². The van der Waals surface area contributed by atoms with E-state index in [2.05, 4.69) is 20.2 Å². The number of carbonyl (C=O) groups is 1. The van der Waals surface area contributed by atoms with E-state index in [4.69, 9.17) is 4.74 Å². The highest BCUT2D eigenvalue weighted by molar-refractivity contribution is 5.86. The van der Waals surface area contributed by atoms with Crippen LogP contribution in [0.4, 0.5) is 19.1 Å². The summed E-state index contributed by atoms with van der Waals surface area (Å²) in [6.45, 7) is 2.22. The Labute approximate surface area is 192 Å². The van der Waals surface area contributed by atoms with Gasteiger partial charge in [0.25, 0.3) is 5.56 Å². The number of nitrogens with zero attached hydrogens (tertiary/aromatic N) is 5. The predicted molar refractivity (Wildman–Crippen MR) is 118 cm³/mol. The first-order chi connectivity index (χ1) is 16.3. The van der Waals surface area contributed by atoms with E-state index >= 15 is 0 Å². The maximum absolute atomic E-state index is 12.7. The lowest BCUT2D eigenvalue weighted by molar-refractivity contribution is -0.138. The van der Waals surface area contributed by atoms with Crippen LogP contribution in [0.25, 0.3) is 10.8 Å². The molecular formula is C22H23F3N6O3. The maximum atomic E-state index is 12.7. The molecule has 9 nitrogen and oxygen atoms in total. The van der Waals surface area contributed by atoms with Gasteiger partial charge in [0.2, 0.25) is 11.9 Å². The Morgan fingerprint density at radius 2 is 1.76 bits per heavy atom. The number of halogens is 3. The number of carbonyl (C=O) groups excluding carboxylic acids is 1. The zero-order valence-electron chi connectivity index (χ0n) is 18.2. The van der Waals surface area contributed by atoms with Crippen LogP contribution in [0, 0.1) is 0 Å². The van der Waals surface area contributed by atoms with Crippen LogP contribution in [0.3, 0.4) is 0 Å². The molecule has 0 atom stereocenters. The van der Waals surface area contributed by atoms with Crippen molar-refractivity contribution in [1.29, 1.82) is 0 Å². The van der Waals surface area contributed by atoms with Crippen molar-refractivity contribution in [2.75, 3.05) is 37.7 Å². The summed E-state index contributed by atoms with van der Waals surface area (Å²) in [6, 6.07) is 5.21. The molecule has 3 aromatic rings. The molecule has 0 aliphatic carbocycles. The fraction of sp³-hybridized carbons (Fsp3) is 0.409. The lowest BCUT2D eigenvalue weighted by Crippen LogP contribution is -2.49. The minimum Gasteiger partial charge on any atom is -0.493 e. The number of nitrogens with one attached hydrogen (secondary N) is 1. The maximum Gasteiger partial charge on any atom is 0.419 e. The normalized spacial score (nSPS) is 14.4. The summed E-state index contributed by atoms with van der Waals surface area (Å²) in [4.78, 5) is 35.5. The quantitative estimate of drug-likeness (QED) is 0.523. The summed E-state index contributed by atoms with van der Waals surface area (Å²) in [5.74, 6) is 0.820. The number of hydrogen-bond acceptors (Lipinski definition) is 7. The first-order valence-corrected chi connectivity index (χ1v) is 10.8. The smallest absolute Gasteiger partial charge is 0.419 e. The molecule has 12 heteroatoms. The summed E-state index contributed by atoms with van der Waals surface area (Å²) in [7, 11) is 0. The van der Waals surface area contributed by atoms with Gasteiger partial charge in [-0.25, -0.2) is 15.1 Å². The number of aromatic amines is 1. The van der Waals surface area contributed by atoms with Gasteiger partial charge in [-0.1, -0.05) is 6.07 Å². The summed E-state index contributed by atoms with van der Waals surface area (Å²) in [6.07, 6.45) is 0.300. The van der Waals surface area contributed by atoms with E-state index in [1.54, 1.807) is 34.2 Å². The van der Waals surface area contributed by atoms with Gasteiger partial charge in [0.05, 0.1) is 23.8 Å². The number of fused-ring (bicyclic) bond motifs is 1. The van der Waals surface area contributed by atoms with E-state index in [1.165, 1.54) is 0 Å². The number of amides is 1. The summed E-state index contributed by atoms with van der Waals surface area (Å²) in [5, 5.41) is 7.33. The largest absolute Gasteiger partial charge is 0.493 e. The second-order valence-electron chi connectivity index (χ2n) is 7.86. The molecule has 1 saturated heterocycles. The van der Waals surface area contributed by atoms with E-state index in [-0.39, 0.29) is 17.4 Å². The summed E-state index contributed by atoms with van der Waals surface area (Å²) in [5.41, 5.74) is -1.17. The standard InChI is InChI=1S/C22H23F3N6O3/c23-22(24,25)15-12-26-21(27-13-15)31-9-7-30(8-10-31)19(32)6-1-2-11-34-18-5-3-4-16-17(18)14-28-29-20(16)33/h3-5,12-14H,1-2,6-11H2,(H,29,33). The molecule has 4 rings (SSSR count). The summed E-state index contributed by atoms with van der Waals surface area (Å²) < 4.78 is 43.7. The fourth-order valence-electron chi connectivity index (χ4n) is 3.72. The number of hydrogen-bond donors (Lipinski definition) is 1. The van der Waals surface area contributed by atoms with Gasteiger partial charge in [0.15, 0.2) is 0 Å². The zero-order valence-corrected chi connectivity index (χ0v) is 18.2. The van der Waals surface area contributed by atoms with Crippen molar-refractivity contribution < 1.29 is 22.7 Å². The van der Waals surface area contributed by atoms with Gasteiger partial charge in [-0.15, -0.1) is 0 Å². The number of H-pyrrole nitrogens is 1. The van der Waals surface area contributed by atoms with E-state index in [0.29, 0.717) is 68.6 Å². The minimum atomic E-state index is -4.47. The lowest BCUT2D eigenvalue weighted by Gasteiger charge is -2.34. The number of aromatic nitrogens is 4. The molecule has 180 valence electrons. The van der Waals surface area contributed by atoms with Crippen molar-refractivity contribution in [2.24, 2.45) is 0 Å². The molecule has 0 radical (unpaired) electrons. The Balaban J connectivity index is 1.19. The molecule has 0 saturated carbocycles. The van der Waals surface area contributed by atoms with Gasteiger partial charge >= 0.3 is 6.18 Å². The first kappa shape index (κ1) is 23.5. The Morgan fingerprint density at radius 3 is 2.47 bits per heavy atom. The lowest BCUT2D eigenvalue weighted by atomic mass is 10.2. The van der Waals surface area contributed by atoms with Crippen molar-refractivity contribution in [1.82, 2.24) is 25.1 Å². The highest BCUT2D eigenvalue weighted by Crippen LogP contribution is 2.28. The average Bonchev–Trinajstić information content (AvgIpc) is 2.84. The van der Waals surface area contributed by atoms with Crippen LogP contribution < -0.4 is 15.2 Å². The molecule has 34 heavy (non-hydrogen) atoms. The number of rotatable bonds is 7. The van der Waals surface area contributed by atoms with Crippen LogP contribution in [0.5, 0.6) is 5.75 Å². The van der Waals surface area contributed by atoms with Gasteiger partial charge in [-0.3, -0.25) is 9.59 Å². The first-order valence-electron chi connectivity index (χ1n) is 10.8. The molecule has 1 aromatic carbocycles. The van der Waals surface area contributed by atoms with E-state index < -0.39 is 11.7 Å². The van der Waals surface area contributed by atoms with Crippen molar-refractivity contribution >= 4 is 22.6 Å². The Bertz CT molecular complexity index is 1190. The number of alkyl halides is 3. The van der Waals surface area contributed by atoms with Crippen molar-refractivity contribution in [3.63, 3.8) is 0 Å². The molecule has 3 heterocycles. The van der Waals surface area contributed by atoms with Crippen LogP contribution in [0.15, 0.2) is 41.6 Å². The molecule has 0 spiro atoms. The van der Waals surface area contributed by atoms with Gasteiger partial charge in [-0.2, -0.15) is 18.3 Å². The Kier molecular flexibility index (Phi) is 6.94. The highest BCUT2D eigenvalue weighted by atomic mass is 19.4. The average molecular weight is 476 g/mol. The van der Waals surface area contributed by atoms with Crippen molar-refractivity contribution in [3.8, 4) is 5.75 Å². The number of piperazine rings is 1. The van der Waals surface area contributed by atoms with Crippen molar-refractivity contribution in [2.45, 2.75) is 25.4 Å². The van der Waals surface area contributed by atoms with Crippen LogP contribution in [0.1, 0.15) is 24.8 Å². The third-order valence-electron chi connectivity index (χ3n) is 5.59. The Morgan fingerprint density at radius 1 is 1.03 bits per heavy atom. The molecule has 0 bridgehead atoms. The topological polar surface area (TPSA) is 104 Å². The number of ether oxygens (including phenoxy) is 1.